The summed E-state index contributed by atoms with van der Waals surface area (Å²) in [6.07, 6.45) is 0. The molecule has 3 aromatic carbocycles. The Hall–Kier alpha value is -2.74. The van der Waals surface area contributed by atoms with Gasteiger partial charge in [0, 0.05) is 22.3 Å². The van der Waals surface area contributed by atoms with Crippen LogP contribution in [-0.4, -0.2) is 4.57 Å². The molecule has 24 heavy (non-hydrogen) atoms. The van der Waals surface area contributed by atoms with Gasteiger partial charge in [0.2, 0.25) is 0 Å². The van der Waals surface area contributed by atoms with Gasteiger partial charge < -0.3 is 9.30 Å². The molecule has 0 unspecified atom stereocenters. The monoisotopic (exact) mass is 315 g/mol. The van der Waals surface area contributed by atoms with Crippen LogP contribution in [0.5, 0.6) is 5.75 Å². The number of aromatic nitrogens is 1. The van der Waals surface area contributed by atoms with E-state index >= 15 is 0 Å². The zero-order chi connectivity index (χ0) is 16.5. The third-order valence-electron chi connectivity index (χ3n) is 4.45. The summed E-state index contributed by atoms with van der Waals surface area (Å²) in [4.78, 5) is 0. The molecule has 1 aromatic heterocycles. The van der Waals surface area contributed by atoms with Crippen molar-refractivity contribution in [3.05, 3.63) is 78.4 Å². The van der Waals surface area contributed by atoms with Gasteiger partial charge in [-0.15, -0.1) is 0 Å². The normalized spacial score (nSPS) is 11.5. The second-order valence-electron chi connectivity index (χ2n) is 6.41. The van der Waals surface area contributed by atoms with Gasteiger partial charge in [0.25, 0.3) is 0 Å². The number of hydrogen-bond donors (Lipinski definition) is 0. The van der Waals surface area contributed by atoms with E-state index in [1.165, 1.54) is 27.4 Å². The Bertz CT molecular complexity index is 983. The van der Waals surface area contributed by atoms with E-state index < -0.39 is 0 Å². The Morgan fingerprint density at radius 3 is 2.29 bits per heavy atom. The van der Waals surface area contributed by atoms with Crippen molar-refractivity contribution < 1.29 is 4.74 Å². The summed E-state index contributed by atoms with van der Waals surface area (Å²) in [5, 5.41) is 2.46. The lowest BCUT2D eigenvalue weighted by Gasteiger charge is -2.12. The van der Waals surface area contributed by atoms with E-state index in [4.69, 9.17) is 4.74 Å². The van der Waals surface area contributed by atoms with E-state index in [0.29, 0.717) is 12.6 Å². The van der Waals surface area contributed by atoms with Crippen LogP contribution in [0.15, 0.2) is 72.8 Å². The molecule has 1 heterocycles. The van der Waals surface area contributed by atoms with Gasteiger partial charge in [0.05, 0.1) is 5.52 Å². The maximum absolute atomic E-state index is 6.19. The van der Waals surface area contributed by atoms with E-state index in [-0.39, 0.29) is 0 Å². The van der Waals surface area contributed by atoms with Crippen LogP contribution in [0.4, 0.5) is 0 Å². The zero-order valence-electron chi connectivity index (χ0n) is 14.1. The molecule has 2 nitrogen and oxygen atoms in total. The van der Waals surface area contributed by atoms with Crippen molar-refractivity contribution in [3.63, 3.8) is 0 Å². The molecule has 120 valence electrons. The maximum Gasteiger partial charge on any atom is 0.129 e. The molecule has 0 radical (unpaired) electrons. The highest BCUT2D eigenvalue weighted by Crippen LogP contribution is 2.37. The Morgan fingerprint density at radius 1 is 0.792 bits per heavy atom. The van der Waals surface area contributed by atoms with Crippen molar-refractivity contribution in [1.29, 1.82) is 0 Å². The van der Waals surface area contributed by atoms with Crippen LogP contribution >= 0.6 is 0 Å². The number of ether oxygens (including phenoxy) is 1. The van der Waals surface area contributed by atoms with E-state index in [1.807, 2.05) is 18.2 Å². The summed E-state index contributed by atoms with van der Waals surface area (Å²) in [5.74, 6) is 0.951. The second kappa shape index (κ2) is 6.04. The number of fused-ring (bicyclic) bond motifs is 3. The van der Waals surface area contributed by atoms with Crippen LogP contribution in [0.3, 0.4) is 0 Å². The van der Waals surface area contributed by atoms with E-state index in [1.54, 1.807) is 0 Å². The molecule has 0 saturated heterocycles. The molecule has 0 amide bonds. The molecule has 0 fully saturated rings. The number of rotatable bonds is 4. The lowest BCUT2D eigenvalue weighted by molar-refractivity contribution is 0.310. The summed E-state index contributed by atoms with van der Waals surface area (Å²) in [6.45, 7) is 5.04. The largest absolute Gasteiger partial charge is 0.488 e. The Labute approximate surface area is 142 Å². The quantitative estimate of drug-likeness (QED) is 0.453. The van der Waals surface area contributed by atoms with Crippen molar-refractivity contribution in [2.75, 3.05) is 0 Å². The van der Waals surface area contributed by atoms with Crippen LogP contribution in [0.2, 0.25) is 0 Å². The molecule has 2 heteroatoms. The third kappa shape index (κ3) is 2.44. The van der Waals surface area contributed by atoms with Gasteiger partial charge in [-0.25, -0.2) is 0 Å². The summed E-state index contributed by atoms with van der Waals surface area (Å²) in [6, 6.07) is 25.6. The summed E-state index contributed by atoms with van der Waals surface area (Å²) < 4.78 is 8.58. The predicted molar refractivity (Wildman–Crippen MR) is 101 cm³/mol. The molecule has 0 N–H and O–H groups in total. The smallest absolute Gasteiger partial charge is 0.129 e. The van der Waals surface area contributed by atoms with E-state index in [9.17, 15) is 0 Å². The molecule has 0 spiro atoms. The highest BCUT2D eigenvalue weighted by molar-refractivity contribution is 6.11. The third-order valence-corrected chi connectivity index (χ3v) is 4.45. The van der Waals surface area contributed by atoms with Crippen molar-refractivity contribution in [2.24, 2.45) is 0 Å². The highest BCUT2D eigenvalue weighted by Gasteiger charge is 2.15. The van der Waals surface area contributed by atoms with Gasteiger partial charge in [-0.2, -0.15) is 0 Å². The first kappa shape index (κ1) is 14.8. The number of hydrogen-bond acceptors (Lipinski definition) is 1. The van der Waals surface area contributed by atoms with Crippen LogP contribution in [0, 0.1) is 0 Å². The molecule has 0 saturated carbocycles. The van der Waals surface area contributed by atoms with Gasteiger partial charge in [-0.1, -0.05) is 54.6 Å². The van der Waals surface area contributed by atoms with Crippen molar-refractivity contribution in [2.45, 2.75) is 26.5 Å². The van der Waals surface area contributed by atoms with Crippen molar-refractivity contribution >= 4 is 21.8 Å². The fourth-order valence-corrected chi connectivity index (χ4v) is 3.43. The van der Waals surface area contributed by atoms with Crippen LogP contribution in [0.25, 0.3) is 21.8 Å². The first-order valence-corrected chi connectivity index (χ1v) is 8.44. The zero-order valence-corrected chi connectivity index (χ0v) is 14.1. The fraction of sp³-hybridized carbons (Fsp3) is 0.182. The maximum atomic E-state index is 6.19. The van der Waals surface area contributed by atoms with Crippen LogP contribution in [0.1, 0.15) is 25.5 Å². The number of benzene rings is 3. The van der Waals surface area contributed by atoms with Gasteiger partial charge in [0.15, 0.2) is 0 Å². The first-order chi connectivity index (χ1) is 11.8. The molecule has 4 aromatic rings. The Balaban J connectivity index is 1.86. The SMILES string of the molecule is CC(C)n1c2ccccc2c2c(OCc3ccccc3)cccc21. The van der Waals surface area contributed by atoms with E-state index in [2.05, 4.69) is 73.0 Å². The topological polar surface area (TPSA) is 14.2 Å². The number of para-hydroxylation sites is 1. The van der Waals surface area contributed by atoms with Gasteiger partial charge in [-0.3, -0.25) is 0 Å². The molecule has 0 atom stereocenters. The van der Waals surface area contributed by atoms with Crippen LogP contribution < -0.4 is 4.74 Å². The first-order valence-electron chi connectivity index (χ1n) is 8.44. The van der Waals surface area contributed by atoms with Crippen molar-refractivity contribution in [1.82, 2.24) is 4.57 Å². The van der Waals surface area contributed by atoms with Crippen LogP contribution in [-0.2, 0) is 6.61 Å². The lowest BCUT2D eigenvalue weighted by Crippen LogP contribution is -2.00. The fourth-order valence-electron chi connectivity index (χ4n) is 3.43. The minimum Gasteiger partial charge on any atom is -0.488 e. The molecule has 0 aliphatic carbocycles. The van der Waals surface area contributed by atoms with E-state index in [0.717, 1.165) is 5.75 Å². The van der Waals surface area contributed by atoms with Gasteiger partial charge >= 0.3 is 0 Å². The summed E-state index contributed by atoms with van der Waals surface area (Å²) in [7, 11) is 0. The van der Waals surface area contributed by atoms with Gasteiger partial charge in [0.1, 0.15) is 12.4 Å². The second-order valence-corrected chi connectivity index (χ2v) is 6.41. The average Bonchev–Trinajstić information content (AvgIpc) is 2.96. The molecule has 0 aliphatic rings. The Morgan fingerprint density at radius 2 is 1.50 bits per heavy atom. The lowest BCUT2D eigenvalue weighted by atomic mass is 10.1. The molecule has 4 rings (SSSR count). The van der Waals surface area contributed by atoms with Gasteiger partial charge in [-0.05, 0) is 37.6 Å². The summed E-state index contributed by atoms with van der Waals surface area (Å²) in [5.41, 5.74) is 3.68. The van der Waals surface area contributed by atoms with Crippen molar-refractivity contribution in [3.8, 4) is 5.75 Å². The average molecular weight is 315 g/mol. The molecular weight excluding hydrogens is 294 g/mol. The summed E-state index contributed by atoms with van der Waals surface area (Å²) >= 11 is 0. The Kier molecular flexibility index (Phi) is 3.73. The highest BCUT2D eigenvalue weighted by atomic mass is 16.5. The minimum absolute atomic E-state index is 0.400. The standard InChI is InChI=1S/C22H21NO/c1-16(2)23-19-12-7-6-11-18(19)22-20(23)13-8-14-21(22)24-15-17-9-4-3-5-10-17/h3-14,16H,15H2,1-2H3. The predicted octanol–water partition coefficient (Wildman–Crippen LogP) is 5.95. The molecule has 0 bridgehead atoms. The minimum atomic E-state index is 0.400. The molecular formula is C22H21NO. The number of nitrogens with zero attached hydrogens (tertiary/aromatic N) is 1. The molecule has 0 aliphatic heterocycles.